The second kappa shape index (κ2) is 7.37. The first-order valence-corrected chi connectivity index (χ1v) is 10.7. The van der Waals surface area contributed by atoms with Gasteiger partial charge in [-0.1, -0.05) is 18.2 Å². The van der Waals surface area contributed by atoms with Crippen molar-refractivity contribution in [2.75, 3.05) is 0 Å². The minimum atomic E-state index is -3.60. The number of nitrogens with one attached hydrogen (secondary N) is 1. The van der Waals surface area contributed by atoms with Crippen LogP contribution in [0.4, 0.5) is 0 Å². The van der Waals surface area contributed by atoms with Gasteiger partial charge in [0.15, 0.2) is 0 Å². The molecule has 1 aliphatic rings. The van der Waals surface area contributed by atoms with E-state index < -0.39 is 16.0 Å². The van der Waals surface area contributed by atoms with Crippen LogP contribution in [0.5, 0.6) is 0 Å². The minimum absolute atomic E-state index is 0.0587. The number of carboxylic acid groups (broad SMARTS) is 1. The summed E-state index contributed by atoms with van der Waals surface area (Å²) < 4.78 is 30.2. The predicted octanol–water partition coefficient (Wildman–Crippen LogP) is 2.35. The molecule has 0 aliphatic heterocycles. The molecule has 146 valence electrons. The molecule has 1 aliphatic carbocycles. The molecule has 3 aromatic rings. The number of aromatic nitrogens is 2. The molecule has 0 fully saturated rings. The van der Waals surface area contributed by atoms with E-state index in [1.54, 1.807) is 0 Å². The fraction of sp³-hybridized carbons (Fsp3) is 0.300. The number of fused-ring (bicyclic) bond motifs is 3. The predicted molar refractivity (Wildman–Crippen MR) is 105 cm³/mol. The van der Waals surface area contributed by atoms with Crippen molar-refractivity contribution in [1.29, 1.82) is 0 Å². The summed E-state index contributed by atoms with van der Waals surface area (Å²) in [7, 11) is -3.60. The van der Waals surface area contributed by atoms with E-state index in [0.29, 0.717) is 25.8 Å². The maximum absolute atomic E-state index is 12.6. The van der Waals surface area contributed by atoms with E-state index in [4.69, 9.17) is 5.11 Å². The van der Waals surface area contributed by atoms with E-state index in [0.717, 1.165) is 22.2 Å². The standard InChI is InChI=1S/C20H21N3O4S/c24-20(25)9-12-23-18-4-2-1-3-16(18)17-13-14(5-6-19(17)23)22-28(26,27)15-7-10-21-11-8-15/h1-4,7-8,10-11,14,22H,5-6,9,12-13H2,(H,24,25). The third kappa shape index (κ3) is 3.53. The van der Waals surface area contributed by atoms with Crippen LogP contribution < -0.4 is 4.72 Å². The van der Waals surface area contributed by atoms with Gasteiger partial charge in [0.25, 0.3) is 0 Å². The average Bonchev–Trinajstić information content (AvgIpc) is 3.00. The number of hydrogen-bond donors (Lipinski definition) is 2. The van der Waals surface area contributed by atoms with Gasteiger partial charge in [0.05, 0.1) is 11.3 Å². The van der Waals surface area contributed by atoms with E-state index >= 15 is 0 Å². The number of carbonyl (C=O) groups is 1. The Hall–Kier alpha value is -2.71. The molecule has 0 bridgehead atoms. The van der Waals surface area contributed by atoms with Gasteiger partial charge in [-0.15, -0.1) is 0 Å². The summed E-state index contributed by atoms with van der Waals surface area (Å²) in [6, 6.07) is 10.7. The zero-order chi connectivity index (χ0) is 19.7. The van der Waals surface area contributed by atoms with Crippen molar-refractivity contribution in [2.24, 2.45) is 0 Å². The van der Waals surface area contributed by atoms with Crippen LogP contribution in [0.1, 0.15) is 24.1 Å². The van der Waals surface area contributed by atoms with Gasteiger partial charge in [-0.2, -0.15) is 0 Å². The molecule has 2 N–H and O–H groups in total. The monoisotopic (exact) mass is 399 g/mol. The van der Waals surface area contributed by atoms with Crippen LogP contribution in [0, 0.1) is 0 Å². The Morgan fingerprint density at radius 3 is 2.71 bits per heavy atom. The molecule has 1 unspecified atom stereocenters. The van der Waals surface area contributed by atoms with E-state index in [9.17, 15) is 13.2 Å². The highest BCUT2D eigenvalue weighted by atomic mass is 32.2. The van der Waals surface area contributed by atoms with Crippen molar-refractivity contribution in [3.63, 3.8) is 0 Å². The lowest BCUT2D eigenvalue weighted by Gasteiger charge is -2.25. The first-order valence-electron chi connectivity index (χ1n) is 9.19. The number of para-hydroxylation sites is 1. The number of rotatable bonds is 6. The van der Waals surface area contributed by atoms with Gasteiger partial charge in [-0.05, 0) is 43.0 Å². The summed E-state index contributed by atoms with van der Waals surface area (Å²) in [5.41, 5.74) is 3.22. The molecular formula is C20H21N3O4S. The molecule has 7 nitrogen and oxygen atoms in total. The average molecular weight is 399 g/mol. The van der Waals surface area contributed by atoms with Gasteiger partial charge >= 0.3 is 5.97 Å². The fourth-order valence-corrected chi connectivity index (χ4v) is 5.23. The van der Waals surface area contributed by atoms with Crippen LogP contribution in [0.3, 0.4) is 0 Å². The lowest BCUT2D eigenvalue weighted by molar-refractivity contribution is -0.137. The van der Waals surface area contributed by atoms with Gasteiger partial charge in [-0.25, -0.2) is 13.1 Å². The molecule has 0 saturated heterocycles. The topological polar surface area (TPSA) is 101 Å². The van der Waals surface area contributed by atoms with Gasteiger partial charge in [0.1, 0.15) is 0 Å². The molecule has 4 rings (SSSR count). The third-order valence-electron chi connectivity index (χ3n) is 5.21. The van der Waals surface area contributed by atoms with Crippen molar-refractivity contribution < 1.29 is 18.3 Å². The number of aliphatic carboxylic acids is 1. The van der Waals surface area contributed by atoms with Crippen molar-refractivity contribution in [3.05, 3.63) is 60.0 Å². The maximum atomic E-state index is 12.6. The largest absolute Gasteiger partial charge is 0.481 e. The number of hydrogen-bond acceptors (Lipinski definition) is 4. The number of aryl methyl sites for hydroxylation is 1. The lowest BCUT2D eigenvalue weighted by Crippen LogP contribution is -2.39. The summed E-state index contributed by atoms with van der Waals surface area (Å²) in [6.07, 6.45) is 4.94. The first-order chi connectivity index (χ1) is 13.5. The van der Waals surface area contributed by atoms with E-state index in [1.807, 2.05) is 24.3 Å². The van der Waals surface area contributed by atoms with Crippen molar-refractivity contribution in [2.45, 2.75) is 43.2 Å². The third-order valence-corrected chi connectivity index (χ3v) is 6.74. The molecular weight excluding hydrogens is 378 g/mol. The molecule has 0 radical (unpaired) electrons. The fourth-order valence-electron chi connectivity index (χ4n) is 3.97. The van der Waals surface area contributed by atoms with Crippen LogP contribution in [0.2, 0.25) is 0 Å². The van der Waals surface area contributed by atoms with Crippen LogP contribution in [0.15, 0.2) is 53.7 Å². The Kier molecular flexibility index (Phi) is 4.91. The second-order valence-electron chi connectivity index (χ2n) is 6.98. The summed E-state index contributed by atoms with van der Waals surface area (Å²) in [6.45, 7) is 0.415. The molecule has 28 heavy (non-hydrogen) atoms. The highest BCUT2D eigenvalue weighted by molar-refractivity contribution is 7.89. The Bertz CT molecular complexity index is 1120. The number of benzene rings is 1. The molecule has 0 amide bonds. The number of sulfonamides is 1. The van der Waals surface area contributed by atoms with E-state index in [2.05, 4.69) is 14.3 Å². The summed E-state index contributed by atoms with van der Waals surface area (Å²) in [5.74, 6) is -0.828. The smallest absolute Gasteiger partial charge is 0.305 e. The zero-order valence-corrected chi connectivity index (χ0v) is 16.0. The van der Waals surface area contributed by atoms with Crippen molar-refractivity contribution in [1.82, 2.24) is 14.3 Å². The quantitative estimate of drug-likeness (QED) is 0.663. The van der Waals surface area contributed by atoms with E-state index in [1.165, 1.54) is 24.5 Å². The van der Waals surface area contributed by atoms with Gasteiger partial charge < -0.3 is 9.67 Å². The van der Waals surface area contributed by atoms with Crippen LogP contribution >= 0.6 is 0 Å². The molecule has 2 aromatic heterocycles. The Balaban J connectivity index is 1.64. The summed E-state index contributed by atoms with van der Waals surface area (Å²) in [4.78, 5) is 15.1. The highest BCUT2D eigenvalue weighted by Gasteiger charge is 2.28. The van der Waals surface area contributed by atoms with Crippen LogP contribution in [-0.4, -0.2) is 35.1 Å². The molecule has 1 atom stereocenters. The summed E-state index contributed by atoms with van der Waals surface area (Å²) >= 11 is 0. The molecule has 8 heteroatoms. The normalized spacial score (nSPS) is 16.8. The van der Waals surface area contributed by atoms with Crippen LogP contribution in [-0.2, 0) is 34.2 Å². The van der Waals surface area contributed by atoms with Gasteiger partial charge in [0, 0.05) is 41.6 Å². The maximum Gasteiger partial charge on any atom is 0.305 e. The SMILES string of the molecule is O=C(O)CCn1c2c(c3ccccc31)CC(NS(=O)(=O)c1ccncc1)CC2. The molecule has 0 saturated carbocycles. The minimum Gasteiger partial charge on any atom is -0.481 e. The molecule has 1 aromatic carbocycles. The zero-order valence-electron chi connectivity index (χ0n) is 15.2. The number of nitrogens with zero attached hydrogens (tertiary/aromatic N) is 2. The highest BCUT2D eigenvalue weighted by Crippen LogP contribution is 2.33. The Morgan fingerprint density at radius 1 is 1.21 bits per heavy atom. The van der Waals surface area contributed by atoms with E-state index in [-0.39, 0.29) is 17.4 Å². The van der Waals surface area contributed by atoms with Gasteiger partial charge in [-0.3, -0.25) is 9.78 Å². The second-order valence-corrected chi connectivity index (χ2v) is 8.70. The van der Waals surface area contributed by atoms with Crippen molar-refractivity contribution in [3.8, 4) is 0 Å². The molecule has 0 spiro atoms. The lowest BCUT2D eigenvalue weighted by atomic mass is 9.92. The Morgan fingerprint density at radius 2 is 1.96 bits per heavy atom. The van der Waals surface area contributed by atoms with Gasteiger partial charge in [0.2, 0.25) is 10.0 Å². The number of pyridine rings is 1. The first kappa shape index (κ1) is 18.6. The summed E-state index contributed by atoms with van der Waals surface area (Å²) in [5, 5.41) is 10.1. The van der Waals surface area contributed by atoms with Crippen molar-refractivity contribution >= 4 is 26.9 Å². The van der Waals surface area contributed by atoms with Crippen LogP contribution in [0.25, 0.3) is 10.9 Å². The molecule has 2 heterocycles. The number of carboxylic acids is 1. The Labute approximate surface area is 163 Å².